The van der Waals surface area contributed by atoms with Gasteiger partial charge in [0.15, 0.2) is 0 Å². The molecule has 146 valence electrons. The van der Waals surface area contributed by atoms with Crippen LogP contribution < -0.4 is 10.9 Å². The van der Waals surface area contributed by atoms with Gasteiger partial charge in [0.1, 0.15) is 10.5 Å². The third-order valence-electron chi connectivity index (χ3n) is 4.21. The molecular formula is C19H19BrN4O3S. The molecule has 2 N–H and O–H groups in total. The fraction of sp³-hybridized carbons (Fsp3) is 0.263. The summed E-state index contributed by atoms with van der Waals surface area (Å²) in [5, 5.41) is 4.63. The first-order valence-electron chi connectivity index (χ1n) is 8.56. The van der Waals surface area contributed by atoms with E-state index in [-0.39, 0.29) is 30.3 Å². The van der Waals surface area contributed by atoms with Crippen molar-refractivity contribution in [3.63, 3.8) is 0 Å². The van der Waals surface area contributed by atoms with Crippen LogP contribution in [-0.4, -0.2) is 33.7 Å². The number of nitrogens with one attached hydrogen (secondary N) is 2. The third-order valence-corrected chi connectivity index (χ3v) is 5.64. The number of H-pyrrole nitrogens is 1. The molecule has 0 spiro atoms. The number of thiophene rings is 1. The number of aromatic amines is 1. The summed E-state index contributed by atoms with van der Waals surface area (Å²) in [5.41, 5.74) is 1.25. The molecule has 3 rings (SSSR count). The fourth-order valence-electron chi connectivity index (χ4n) is 2.83. The van der Waals surface area contributed by atoms with Crippen molar-refractivity contribution in [2.75, 3.05) is 7.05 Å². The number of fused-ring (bicyclic) bond motifs is 1. The topological polar surface area (TPSA) is 95.2 Å². The predicted molar refractivity (Wildman–Crippen MR) is 112 cm³/mol. The molecular weight excluding hydrogens is 444 g/mol. The Labute approximate surface area is 173 Å². The average Bonchev–Trinajstić information content (AvgIpc) is 3.10. The standard InChI is InChI=1S/C19H19BrN4O3S/c1-11(25)21-15(12-3-5-13(20)6-4-12)9-17(26)24(2)10-16-22-14-7-8-28-18(14)19(27)23-16/h3-8,15H,9-10H2,1-2H3,(H,21,25)(H,22,23,27). The highest BCUT2D eigenvalue weighted by Crippen LogP contribution is 2.21. The molecule has 2 heterocycles. The van der Waals surface area contributed by atoms with Crippen LogP contribution in [0.2, 0.25) is 0 Å². The Bertz CT molecular complexity index is 1060. The van der Waals surface area contributed by atoms with E-state index < -0.39 is 6.04 Å². The number of hydrogen-bond donors (Lipinski definition) is 2. The number of halogens is 1. The highest BCUT2D eigenvalue weighted by molar-refractivity contribution is 9.10. The molecule has 1 aromatic carbocycles. The van der Waals surface area contributed by atoms with Gasteiger partial charge in [-0.25, -0.2) is 4.98 Å². The zero-order valence-electron chi connectivity index (χ0n) is 15.4. The molecule has 2 amide bonds. The normalized spacial score (nSPS) is 12.0. The summed E-state index contributed by atoms with van der Waals surface area (Å²) in [6.07, 6.45) is 0.0998. The number of carbonyl (C=O) groups excluding carboxylic acids is 2. The molecule has 0 saturated carbocycles. The van der Waals surface area contributed by atoms with Crippen molar-refractivity contribution in [1.82, 2.24) is 20.2 Å². The first-order valence-corrected chi connectivity index (χ1v) is 10.2. The van der Waals surface area contributed by atoms with E-state index in [4.69, 9.17) is 0 Å². The lowest BCUT2D eigenvalue weighted by Crippen LogP contribution is -2.34. The maximum absolute atomic E-state index is 12.7. The Morgan fingerprint density at radius 1 is 1.29 bits per heavy atom. The SMILES string of the molecule is CC(=O)NC(CC(=O)N(C)Cc1nc2ccsc2c(=O)[nH]1)c1ccc(Br)cc1. The molecule has 0 bridgehead atoms. The smallest absolute Gasteiger partial charge is 0.268 e. The van der Waals surface area contributed by atoms with Crippen LogP contribution in [0.4, 0.5) is 0 Å². The summed E-state index contributed by atoms with van der Waals surface area (Å²) in [6.45, 7) is 1.60. The molecule has 28 heavy (non-hydrogen) atoms. The van der Waals surface area contributed by atoms with Gasteiger partial charge >= 0.3 is 0 Å². The fourth-order valence-corrected chi connectivity index (χ4v) is 3.82. The average molecular weight is 463 g/mol. The number of hydrogen-bond acceptors (Lipinski definition) is 5. The van der Waals surface area contributed by atoms with Crippen molar-refractivity contribution in [3.05, 3.63) is 61.9 Å². The Balaban J connectivity index is 1.73. The second-order valence-electron chi connectivity index (χ2n) is 6.41. The molecule has 0 aliphatic heterocycles. The number of carbonyl (C=O) groups is 2. The summed E-state index contributed by atoms with van der Waals surface area (Å²) in [7, 11) is 1.65. The largest absolute Gasteiger partial charge is 0.349 e. The van der Waals surface area contributed by atoms with Gasteiger partial charge in [-0.2, -0.15) is 0 Å². The Morgan fingerprint density at radius 3 is 2.68 bits per heavy atom. The molecule has 1 unspecified atom stereocenters. The number of amides is 2. The van der Waals surface area contributed by atoms with Gasteiger partial charge in [-0.3, -0.25) is 14.4 Å². The molecule has 0 radical (unpaired) electrons. The lowest BCUT2D eigenvalue weighted by Gasteiger charge is -2.22. The summed E-state index contributed by atoms with van der Waals surface area (Å²) in [4.78, 5) is 45.0. The minimum Gasteiger partial charge on any atom is -0.349 e. The quantitative estimate of drug-likeness (QED) is 0.588. The van der Waals surface area contributed by atoms with E-state index >= 15 is 0 Å². The molecule has 7 nitrogen and oxygen atoms in total. The molecule has 0 saturated heterocycles. The van der Waals surface area contributed by atoms with E-state index in [1.807, 2.05) is 29.6 Å². The van der Waals surface area contributed by atoms with Crippen LogP contribution in [-0.2, 0) is 16.1 Å². The maximum Gasteiger partial charge on any atom is 0.268 e. The van der Waals surface area contributed by atoms with Crippen LogP contribution in [0.1, 0.15) is 30.8 Å². The Hall–Kier alpha value is -2.52. The van der Waals surface area contributed by atoms with Crippen molar-refractivity contribution < 1.29 is 9.59 Å². The molecule has 9 heteroatoms. The summed E-state index contributed by atoms with van der Waals surface area (Å²) in [5.74, 6) is 0.0403. The van der Waals surface area contributed by atoms with Crippen LogP contribution in [0.3, 0.4) is 0 Å². The van der Waals surface area contributed by atoms with Gasteiger partial charge in [0.2, 0.25) is 11.8 Å². The highest BCUT2D eigenvalue weighted by atomic mass is 79.9. The lowest BCUT2D eigenvalue weighted by atomic mass is 10.0. The molecule has 0 aliphatic rings. The Morgan fingerprint density at radius 2 is 2.00 bits per heavy atom. The van der Waals surface area contributed by atoms with Gasteiger partial charge in [-0.1, -0.05) is 28.1 Å². The van der Waals surface area contributed by atoms with E-state index in [1.165, 1.54) is 23.2 Å². The van der Waals surface area contributed by atoms with E-state index in [2.05, 4.69) is 31.2 Å². The first-order chi connectivity index (χ1) is 13.3. The van der Waals surface area contributed by atoms with Gasteiger partial charge in [0.05, 0.1) is 24.5 Å². The monoisotopic (exact) mass is 462 g/mol. The molecule has 3 aromatic rings. The van der Waals surface area contributed by atoms with Crippen LogP contribution in [0.5, 0.6) is 0 Å². The van der Waals surface area contributed by atoms with Gasteiger partial charge in [-0.05, 0) is 29.1 Å². The molecule has 0 aliphatic carbocycles. The molecule has 2 aromatic heterocycles. The second kappa shape index (κ2) is 8.66. The first kappa shape index (κ1) is 20.2. The maximum atomic E-state index is 12.7. The van der Waals surface area contributed by atoms with Crippen molar-refractivity contribution in [3.8, 4) is 0 Å². The van der Waals surface area contributed by atoms with Crippen molar-refractivity contribution in [2.45, 2.75) is 25.9 Å². The number of aromatic nitrogens is 2. The van der Waals surface area contributed by atoms with E-state index in [0.29, 0.717) is 16.0 Å². The van der Waals surface area contributed by atoms with Gasteiger partial charge in [0, 0.05) is 18.4 Å². The third kappa shape index (κ3) is 4.85. The van der Waals surface area contributed by atoms with Gasteiger partial charge < -0.3 is 15.2 Å². The summed E-state index contributed by atoms with van der Waals surface area (Å²) in [6, 6.07) is 8.79. The van der Waals surface area contributed by atoms with Crippen LogP contribution in [0.15, 0.2) is 45.0 Å². The van der Waals surface area contributed by atoms with Crippen LogP contribution >= 0.6 is 27.3 Å². The number of nitrogens with zero attached hydrogens (tertiary/aromatic N) is 2. The van der Waals surface area contributed by atoms with Gasteiger partial charge in [0.25, 0.3) is 5.56 Å². The van der Waals surface area contributed by atoms with Crippen molar-refractivity contribution >= 4 is 49.3 Å². The molecule has 1 atom stereocenters. The second-order valence-corrected chi connectivity index (χ2v) is 8.24. The summed E-state index contributed by atoms with van der Waals surface area (Å²) < 4.78 is 1.49. The zero-order valence-corrected chi connectivity index (χ0v) is 17.8. The Kier molecular flexibility index (Phi) is 6.25. The lowest BCUT2D eigenvalue weighted by molar-refractivity contribution is -0.131. The van der Waals surface area contributed by atoms with E-state index in [1.54, 1.807) is 13.1 Å². The van der Waals surface area contributed by atoms with Crippen LogP contribution in [0, 0.1) is 0 Å². The van der Waals surface area contributed by atoms with Gasteiger partial charge in [-0.15, -0.1) is 11.3 Å². The van der Waals surface area contributed by atoms with Crippen molar-refractivity contribution in [1.29, 1.82) is 0 Å². The molecule has 0 fully saturated rings. The van der Waals surface area contributed by atoms with E-state index in [0.717, 1.165) is 10.0 Å². The minimum atomic E-state index is -0.438. The number of rotatable bonds is 6. The van der Waals surface area contributed by atoms with Crippen molar-refractivity contribution in [2.24, 2.45) is 0 Å². The summed E-state index contributed by atoms with van der Waals surface area (Å²) >= 11 is 4.71. The highest BCUT2D eigenvalue weighted by Gasteiger charge is 2.20. The number of benzene rings is 1. The zero-order chi connectivity index (χ0) is 20.3. The van der Waals surface area contributed by atoms with E-state index in [9.17, 15) is 14.4 Å². The predicted octanol–water partition coefficient (Wildman–Crippen LogP) is 2.97. The minimum absolute atomic E-state index is 0.0998. The van der Waals surface area contributed by atoms with Crippen LogP contribution in [0.25, 0.3) is 10.2 Å².